The van der Waals surface area contributed by atoms with E-state index < -0.39 is 80.3 Å². The monoisotopic (exact) mass is 710 g/mol. The second kappa shape index (κ2) is 8.77. The first kappa shape index (κ1) is 37.0. The van der Waals surface area contributed by atoms with Crippen LogP contribution in [0.15, 0.2) is 11.7 Å². The predicted molar refractivity (Wildman–Crippen MR) is 82.8 cm³/mol. The van der Waals surface area contributed by atoms with Crippen LogP contribution < -0.4 is 0 Å². The fraction of sp³-hybridized carbons (Fsp3) is 0.857. The lowest BCUT2D eigenvalue weighted by atomic mass is 9.67. The van der Waals surface area contributed by atoms with Crippen molar-refractivity contribution >= 4 is 34.8 Å². The van der Waals surface area contributed by atoms with Crippen LogP contribution in [0.3, 0.4) is 0 Å². The lowest BCUT2D eigenvalue weighted by Gasteiger charge is -2.54. The quantitative estimate of drug-likeness (QED) is 0.190. The molecule has 1 saturated carbocycles. The first-order valence-electron chi connectivity index (χ1n) is 8.41. The summed E-state index contributed by atoms with van der Waals surface area (Å²) in [5.74, 6) is -67.9. The summed E-state index contributed by atoms with van der Waals surface area (Å²) >= 11 is 11.4. The zero-order chi connectivity index (χ0) is 33.2. The smallest absolute Gasteiger partial charge is 0.224 e. The molecule has 26 heteroatoms. The molecular formula is C14Cl3F23. The van der Waals surface area contributed by atoms with Crippen LogP contribution >= 0.6 is 34.8 Å². The number of hydrogen-bond donors (Lipinski definition) is 0. The summed E-state index contributed by atoms with van der Waals surface area (Å²) in [4.78, 5) is 0. The highest BCUT2D eigenvalue weighted by Gasteiger charge is 3.04. The molecule has 40 heavy (non-hydrogen) atoms. The minimum absolute atomic E-state index is 3.61. The van der Waals surface area contributed by atoms with Gasteiger partial charge in [-0.05, 0) is 0 Å². The van der Waals surface area contributed by atoms with Crippen molar-refractivity contribution in [3.8, 4) is 0 Å². The van der Waals surface area contributed by atoms with Gasteiger partial charge in [0.2, 0.25) is 0 Å². The topological polar surface area (TPSA) is 0 Å². The van der Waals surface area contributed by atoms with Crippen LogP contribution in [-0.4, -0.2) is 68.7 Å². The first-order chi connectivity index (χ1) is 16.8. The van der Waals surface area contributed by atoms with Crippen LogP contribution in [0.4, 0.5) is 101 Å². The number of alkyl halides is 24. The molecule has 1 rings (SSSR count). The largest absolute Gasteiger partial charge is 0.443 e. The van der Waals surface area contributed by atoms with E-state index in [2.05, 4.69) is 34.8 Å². The van der Waals surface area contributed by atoms with E-state index in [0.29, 0.717) is 0 Å². The summed E-state index contributed by atoms with van der Waals surface area (Å²) in [6, 6.07) is 0. The van der Waals surface area contributed by atoms with Gasteiger partial charge in [0, 0.05) is 0 Å². The van der Waals surface area contributed by atoms with Crippen molar-refractivity contribution in [1.29, 1.82) is 0 Å². The second-order valence-corrected chi connectivity index (χ2v) is 9.38. The number of allylic oxidation sites excluding steroid dienone is 1. The highest BCUT2D eigenvalue weighted by atomic mass is 35.5. The Morgan fingerprint density at radius 1 is 0.450 bits per heavy atom. The van der Waals surface area contributed by atoms with E-state index in [9.17, 15) is 101 Å². The van der Waals surface area contributed by atoms with Crippen molar-refractivity contribution in [3.63, 3.8) is 0 Å². The van der Waals surface area contributed by atoms with Crippen LogP contribution in [0, 0.1) is 0 Å². The summed E-state index contributed by atoms with van der Waals surface area (Å²) in [6.45, 7) is 0. The molecule has 0 nitrogen and oxygen atoms in total. The van der Waals surface area contributed by atoms with Gasteiger partial charge in [-0.3, -0.25) is 0 Å². The molecule has 0 aromatic heterocycles. The lowest BCUT2D eigenvalue weighted by molar-refractivity contribution is -0.481. The third-order valence-corrected chi connectivity index (χ3v) is 6.62. The van der Waals surface area contributed by atoms with Crippen LogP contribution in [-0.2, 0) is 0 Å². The van der Waals surface area contributed by atoms with E-state index in [-0.39, 0.29) is 0 Å². The van der Waals surface area contributed by atoms with Crippen LogP contribution in [0.25, 0.3) is 0 Å². The van der Waals surface area contributed by atoms with Crippen molar-refractivity contribution in [2.75, 3.05) is 0 Å². The molecule has 0 aromatic rings. The maximum absolute atomic E-state index is 14.8. The molecule has 1 aliphatic carbocycles. The van der Waals surface area contributed by atoms with E-state index in [4.69, 9.17) is 0 Å². The fourth-order valence-corrected chi connectivity index (χ4v) is 3.66. The maximum Gasteiger partial charge on any atom is 0.443 e. The Bertz CT molecular complexity index is 1020. The van der Waals surface area contributed by atoms with E-state index in [1.165, 1.54) is 0 Å². The molecule has 0 bridgehead atoms. The molecular weight excluding hydrogens is 711 g/mol. The van der Waals surface area contributed by atoms with Gasteiger partial charge in [0.15, 0.2) is 0 Å². The number of hydrogen-bond acceptors (Lipinski definition) is 0. The van der Waals surface area contributed by atoms with Gasteiger partial charge in [0.05, 0.1) is 0 Å². The number of halogens is 26. The SMILES string of the molecule is FC(F)=C(C(F)(F)C(F)(F)C(Cl)(Cl)C(F)(F)C(F)(Cl)C(F)(F)F)C1(F)C(F)(F)C(F)(F)C(F)(F)C(F)(F)C1(F)F. The standard InChI is InChI=1S/C14Cl3F23/c15-5(16,10(30,31)6(17,23)14(38,39)40)9(28,29)4(21,22)1(2(18)19)3(20)7(24,25)11(32,33)13(36,37)12(34,35)8(3,26)27. The molecule has 1 fully saturated rings. The molecule has 1 atom stereocenters. The van der Waals surface area contributed by atoms with Gasteiger partial charge in [0.25, 0.3) is 16.1 Å². The van der Waals surface area contributed by atoms with Crippen molar-refractivity contribution in [2.24, 2.45) is 0 Å². The highest BCUT2D eigenvalue weighted by Crippen LogP contribution is 2.74. The Hall–Kier alpha value is -1.00. The Morgan fingerprint density at radius 2 is 0.725 bits per heavy atom. The van der Waals surface area contributed by atoms with Crippen LogP contribution in [0.5, 0.6) is 0 Å². The summed E-state index contributed by atoms with van der Waals surface area (Å²) < 4.78 is 306. The lowest BCUT2D eigenvalue weighted by Crippen LogP contribution is -2.85. The second-order valence-electron chi connectivity index (χ2n) is 7.54. The normalized spacial score (nSPS) is 25.6. The van der Waals surface area contributed by atoms with Gasteiger partial charge < -0.3 is 0 Å². The molecule has 0 aromatic carbocycles. The van der Waals surface area contributed by atoms with Gasteiger partial charge in [-0.25, -0.2) is 8.78 Å². The van der Waals surface area contributed by atoms with E-state index in [1.54, 1.807) is 0 Å². The average Bonchev–Trinajstić information content (AvgIpc) is 2.70. The Kier molecular flexibility index (Phi) is 8.12. The van der Waals surface area contributed by atoms with Gasteiger partial charge in [-0.1, -0.05) is 34.8 Å². The third-order valence-electron chi connectivity index (χ3n) is 5.22. The summed E-state index contributed by atoms with van der Waals surface area (Å²) in [6.07, 6.45) is -13.1. The van der Waals surface area contributed by atoms with E-state index in [0.717, 1.165) is 0 Å². The minimum atomic E-state index is -8.88. The Labute approximate surface area is 217 Å². The predicted octanol–water partition coefficient (Wildman–Crippen LogP) is 9.58. The average molecular weight is 711 g/mol. The van der Waals surface area contributed by atoms with Crippen LogP contribution in [0.1, 0.15) is 0 Å². The Balaban J connectivity index is 4.30. The molecule has 0 saturated heterocycles. The molecule has 0 aliphatic heterocycles. The third kappa shape index (κ3) is 3.69. The summed E-state index contributed by atoms with van der Waals surface area (Å²) in [7, 11) is 0. The van der Waals surface area contributed by atoms with Gasteiger partial charge in [0.1, 0.15) is 5.57 Å². The van der Waals surface area contributed by atoms with Crippen molar-refractivity contribution in [3.05, 3.63) is 11.7 Å². The first-order valence-corrected chi connectivity index (χ1v) is 9.55. The fourth-order valence-electron chi connectivity index (χ4n) is 2.93. The number of rotatable bonds is 6. The molecule has 0 spiro atoms. The molecule has 1 unspecified atom stereocenters. The summed E-state index contributed by atoms with van der Waals surface area (Å²) in [5, 5.41) is -7.23. The van der Waals surface area contributed by atoms with Gasteiger partial charge in [-0.15, -0.1) is 0 Å². The van der Waals surface area contributed by atoms with Crippen LogP contribution in [0.2, 0.25) is 0 Å². The van der Waals surface area contributed by atoms with Crippen molar-refractivity contribution in [1.82, 2.24) is 0 Å². The molecule has 0 N–H and O–H groups in total. The summed E-state index contributed by atoms with van der Waals surface area (Å²) in [5.41, 5.74) is -15.0. The van der Waals surface area contributed by atoms with E-state index >= 15 is 0 Å². The van der Waals surface area contributed by atoms with Gasteiger partial charge in [-0.2, -0.15) is 92.2 Å². The Morgan fingerprint density at radius 3 is 0.975 bits per heavy atom. The van der Waals surface area contributed by atoms with Gasteiger partial charge >= 0.3 is 58.7 Å². The maximum atomic E-state index is 14.8. The zero-order valence-corrected chi connectivity index (χ0v) is 19.1. The highest BCUT2D eigenvalue weighted by molar-refractivity contribution is 6.50. The minimum Gasteiger partial charge on any atom is -0.224 e. The molecule has 0 amide bonds. The zero-order valence-electron chi connectivity index (χ0n) is 16.8. The van der Waals surface area contributed by atoms with E-state index in [1.807, 2.05) is 0 Å². The van der Waals surface area contributed by atoms with Crippen molar-refractivity contribution in [2.45, 2.75) is 68.7 Å². The molecule has 0 heterocycles. The molecule has 238 valence electrons. The molecule has 1 aliphatic rings. The molecule has 0 radical (unpaired) electrons. The van der Waals surface area contributed by atoms with Crippen molar-refractivity contribution < 1.29 is 101 Å².